The van der Waals surface area contributed by atoms with Crippen LogP contribution in [0.3, 0.4) is 0 Å². The molecule has 2 rings (SSSR count). The minimum Gasteiger partial charge on any atom is -0.434 e. The molecule has 0 aliphatic heterocycles. The summed E-state index contributed by atoms with van der Waals surface area (Å²) in [6.07, 6.45) is 0. The van der Waals surface area contributed by atoms with Gasteiger partial charge in [0.2, 0.25) is 0 Å². The first-order valence-corrected chi connectivity index (χ1v) is 8.04. The summed E-state index contributed by atoms with van der Waals surface area (Å²) in [5.74, 6) is -1.96. The van der Waals surface area contributed by atoms with E-state index in [0.29, 0.717) is 5.69 Å². The van der Waals surface area contributed by atoms with Crippen LogP contribution in [0.2, 0.25) is 0 Å². The third-order valence-electron chi connectivity index (χ3n) is 3.58. The van der Waals surface area contributed by atoms with E-state index < -0.39 is 18.4 Å². The van der Waals surface area contributed by atoms with Crippen molar-refractivity contribution in [3.63, 3.8) is 0 Å². The second-order valence-corrected chi connectivity index (χ2v) is 5.84. The van der Waals surface area contributed by atoms with Crippen LogP contribution >= 0.6 is 0 Å². The van der Waals surface area contributed by atoms with Crippen LogP contribution < -0.4 is 15.5 Å². The molecule has 2 N–H and O–H groups in total. The molecule has 0 bridgehead atoms. The number of hydrogen-bond donors (Lipinski definition) is 2. The molecule has 0 saturated heterocycles. The van der Waals surface area contributed by atoms with E-state index >= 15 is 0 Å². The van der Waals surface area contributed by atoms with Crippen molar-refractivity contribution in [2.45, 2.75) is 27.4 Å². The van der Waals surface area contributed by atoms with Crippen LogP contribution in [0, 0.1) is 13.8 Å². The predicted molar refractivity (Wildman–Crippen MR) is 98.0 cm³/mol. The zero-order valence-corrected chi connectivity index (χ0v) is 15.0. The highest BCUT2D eigenvalue weighted by Crippen LogP contribution is 2.22. The molecule has 0 atom stereocenters. The van der Waals surface area contributed by atoms with E-state index in [4.69, 9.17) is 0 Å². The van der Waals surface area contributed by atoms with Crippen LogP contribution in [0.5, 0.6) is 5.75 Å². The zero-order valence-electron chi connectivity index (χ0n) is 15.0. The predicted octanol–water partition coefficient (Wildman–Crippen LogP) is 3.38. The molecule has 142 valence electrons. The van der Waals surface area contributed by atoms with Gasteiger partial charge >= 0.3 is 18.4 Å². The number of aryl methyl sites for hydroxylation is 2. The fourth-order valence-corrected chi connectivity index (χ4v) is 2.20. The van der Waals surface area contributed by atoms with Crippen LogP contribution in [0.25, 0.3) is 0 Å². The van der Waals surface area contributed by atoms with Gasteiger partial charge in [-0.3, -0.25) is 9.59 Å². The second kappa shape index (κ2) is 8.88. The number of hydrazone groups is 1. The molecule has 8 heteroatoms. The van der Waals surface area contributed by atoms with Crippen molar-refractivity contribution >= 4 is 23.2 Å². The first-order chi connectivity index (χ1) is 12.8. The van der Waals surface area contributed by atoms with Gasteiger partial charge in [-0.15, -0.1) is 0 Å². The van der Waals surface area contributed by atoms with Crippen molar-refractivity contribution in [2.75, 3.05) is 5.32 Å². The SMILES string of the molecule is C/C(=N/NC(=O)C(=O)Nc1ccc(C)cc1)c1cc(C)ccc1OC(F)F. The molecule has 2 amide bonds. The Morgan fingerprint density at radius 3 is 2.26 bits per heavy atom. The number of alkyl halides is 2. The highest BCUT2D eigenvalue weighted by Gasteiger charge is 2.15. The highest BCUT2D eigenvalue weighted by atomic mass is 19.3. The number of carbonyl (C=O) groups excluding carboxylic acids is 2. The molecule has 0 aromatic heterocycles. The van der Waals surface area contributed by atoms with Gasteiger partial charge in [0.1, 0.15) is 5.75 Å². The van der Waals surface area contributed by atoms with Gasteiger partial charge in [-0.25, -0.2) is 5.43 Å². The molecule has 27 heavy (non-hydrogen) atoms. The number of hydrogen-bond acceptors (Lipinski definition) is 4. The first-order valence-electron chi connectivity index (χ1n) is 8.04. The molecule has 6 nitrogen and oxygen atoms in total. The first kappa shape index (κ1) is 20.0. The molecule has 0 aliphatic carbocycles. The molecule has 0 aliphatic rings. The van der Waals surface area contributed by atoms with Crippen LogP contribution in [-0.4, -0.2) is 24.1 Å². The van der Waals surface area contributed by atoms with E-state index in [2.05, 4.69) is 20.6 Å². The molecule has 2 aromatic rings. The average Bonchev–Trinajstić information content (AvgIpc) is 2.62. The number of benzene rings is 2. The van der Waals surface area contributed by atoms with Gasteiger partial charge in [0.05, 0.1) is 5.71 Å². The maximum absolute atomic E-state index is 12.5. The molecule has 0 spiro atoms. The van der Waals surface area contributed by atoms with Gasteiger partial charge < -0.3 is 10.1 Å². The van der Waals surface area contributed by atoms with E-state index in [1.807, 2.05) is 6.92 Å². The van der Waals surface area contributed by atoms with Crippen molar-refractivity contribution in [3.05, 3.63) is 59.2 Å². The van der Waals surface area contributed by atoms with Crippen molar-refractivity contribution in [2.24, 2.45) is 5.10 Å². The monoisotopic (exact) mass is 375 g/mol. The lowest BCUT2D eigenvalue weighted by Gasteiger charge is -2.11. The quantitative estimate of drug-likeness (QED) is 0.478. The number of anilines is 1. The fraction of sp³-hybridized carbons (Fsp3) is 0.211. The van der Waals surface area contributed by atoms with Crippen LogP contribution in [0.1, 0.15) is 23.6 Å². The Kier molecular flexibility index (Phi) is 6.59. The molecule has 0 fully saturated rings. The Balaban J connectivity index is 2.08. The summed E-state index contributed by atoms with van der Waals surface area (Å²) >= 11 is 0. The van der Waals surface area contributed by atoms with Crippen LogP contribution in [0.4, 0.5) is 14.5 Å². The van der Waals surface area contributed by atoms with Crippen molar-refractivity contribution < 1.29 is 23.1 Å². The number of carbonyl (C=O) groups is 2. The summed E-state index contributed by atoms with van der Waals surface area (Å²) in [4.78, 5) is 23.8. The third kappa shape index (κ3) is 5.88. The molecule has 0 unspecified atom stereocenters. The van der Waals surface area contributed by atoms with Crippen molar-refractivity contribution in [1.29, 1.82) is 0 Å². The third-order valence-corrected chi connectivity index (χ3v) is 3.58. The summed E-state index contributed by atoms with van der Waals surface area (Å²) in [7, 11) is 0. The molecular weight excluding hydrogens is 356 g/mol. The number of amides is 2. The number of ether oxygens (including phenoxy) is 1. The summed E-state index contributed by atoms with van der Waals surface area (Å²) in [5, 5.41) is 6.25. The maximum Gasteiger partial charge on any atom is 0.387 e. The lowest BCUT2D eigenvalue weighted by Crippen LogP contribution is -2.33. The maximum atomic E-state index is 12.5. The van der Waals surface area contributed by atoms with Crippen molar-refractivity contribution in [3.8, 4) is 5.75 Å². The van der Waals surface area contributed by atoms with Gasteiger partial charge in [0.15, 0.2) is 0 Å². The Hall–Kier alpha value is -3.29. The van der Waals surface area contributed by atoms with Crippen LogP contribution in [-0.2, 0) is 9.59 Å². The lowest BCUT2D eigenvalue weighted by molar-refractivity contribution is -0.136. The zero-order chi connectivity index (χ0) is 20.0. The van der Waals surface area contributed by atoms with E-state index in [0.717, 1.165) is 11.1 Å². The lowest BCUT2D eigenvalue weighted by atomic mass is 10.1. The summed E-state index contributed by atoms with van der Waals surface area (Å²) < 4.78 is 29.5. The highest BCUT2D eigenvalue weighted by molar-refractivity contribution is 6.39. The molecule has 0 saturated carbocycles. The summed E-state index contributed by atoms with van der Waals surface area (Å²) in [5.41, 5.74) is 4.88. The number of rotatable bonds is 5. The number of nitrogens with one attached hydrogen (secondary N) is 2. The van der Waals surface area contributed by atoms with E-state index in [1.54, 1.807) is 43.3 Å². The Morgan fingerprint density at radius 1 is 1.00 bits per heavy atom. The Morgan fingerprint density at radius 2 is 1.63 bits per heavy atom. The van der Waals surface area contributed by atoms with E-state index in [-0.39, 0.29) is 17.0 Å². The normalized spacial score (nSPS) is 11.3. The standard InChI is InChI=1S/C19H19F2N3O3/c1-11-4-7-14(8-5-11)22-17(25)18(26)24-23-13(3)15-10-12(2)6-9-16(15)27-19(20)21/h4-10,19H,1-3H3,(H,22,25)(H,24,26)/b23-13-. The van der Waals surface area contributed by atoms with Crippen LogP contribution in [0.15, 0.2) is 47.6 Å². The second-order valence-electron chi connectivity index (χ2n) is 5.84. The molecule has 2 aromatic carbocycles. The summed E-state index contributed by atoms with van der Waals surface area (Å²) in [6.45, 7) is 2.18. The van der Waals surface area contributed by atoms with Gasteiger partial charge in [-0.2, -0.15) is 13.9 Å². The summed E-state index contributed by atoms with van der Waals surface area (Å²) in [6, 6.07) is 11.5. The molecular formula is C19H19F2N3O3. The minimum absolute atomic E-state index is 0.0739. The van der Waals surface area contributed by atoms with Crippen molar-refractivity contribution in [1.82, 2.24) is 5.43 Å². The smallest absolute Gasteiger partial charge is 0.387 e. The van der Waals surface area contributed by atoms with Gasteiger partial charge in [-0.1, -0.05) is 29.3 Å². The van der Waals surface area contributed by atoms with E-state index in [9.17, 15) is 18.4 Å². The Bertz CT molecular complexity index is 865. The van der Waals surface area contributed by atoms with Gasteiger partial charge in [-0.05, 0) is 45.0 Å². The fourth-order valence-electron chi connectivity index (χ4n) is 2.20. The van der Waals surface area contributed by atoms with E-state index in [1.165, 1.54) is 13.0 Å². The Labute approximate surface area is 155 Å². The number of halogens is 2. The number of nitrogens with zero attached hydrogens (tertiary/aromatic N) is 1. The average molecular weight is 375 g/mol. The van der Waals surface area contributed by atoms with Gasteiger partial charge in [0.25, 0.3) is 0 Å². The minimum atomic E-state index is -2.99. The topological polar surface area (TPSA) is 79.8 Å². The molecule has 0 radical (unpaired) electrons. The molecule has 0 heterocycles. The largest absolute Gasteiger partial charge is 0.434 e. The van der Waals surface area contributed by atoms with Gasteiger partial charge in [0, 0.05) is 11.3 Å².